The van der Waals surface area contributed by atoms with Crippen LogP contribution in [0.2, 0.25) is 0 Å². The minimum absolute atomic E-state index is 0. The molecule has 3 saturated heterocycles. The van der Waals surface area contributed by atoms with E-state index in [1.165, 1.54) is 67.5 Å². The molecule has 0 aromatic carbocycles. The number of ether oxygens (including phenoxy) is 1. The zero-order valence-corrected chi connectivity index (χ0v) is 18.8. The summed E-state index contributed by atoms with van der Waals surface area (Å²) in [6.07, 6.45) is 4.32. The summed E-state index contributed by atoms with van der Waals surface area (Å²) in [5.41, 5.74) is 0. The van der Waals surface area contributed by atoms with Crippen LogP contribution in [0.3, 0.4) is 0 Å². The van der Waals surface area contributed by atoms with E-state index in [2.05, 4.69) is 26.0 Å². The first-order valence-electron chi connectivity index (χ1n) is 8.47. The van der Waals surface area contributed by atoms with Crippen LogP contribution >= 0.6 is 0 Å². The monoisotopic (exact) mass is 537 g/mol. The van der Waals surface area contributed by atoms with E-state index in [0.29, 0.717) is 0 Å². The number of likely N-dealkylation sites (N-methyl/N-ethyl adjacent to an activating group) is 2. The number of morpholine rings is 1. The average molecular weight is 537 g/mol. The van der Waals surface area contributed by atoms with E-state index in [1.807, 2.05) is 0 Å². The van der Waals surface area contributed by atoms with E-state index < -0.39 is 0 Å². The predicted octanol–water partition coefficient (Wildman–Crippen LogP) is -5.22. The van der Waals surface area contributed by atoms with Gasteiger partial charge in [-0.3, -0.25) is 4.90 Å². The molecular formula is C16H33I2N3O. The van der Waals surface area contributed by atoms with Gasteiger partial charge in [-0.15, -0.1) is 0 Å². The quantitative estimate of drug-likeness (QED) is 0.264. The second-order valence-electron chi connectivity index (χ2n) is 8.03. The molecule has 2 atom stereocenters. The highest BCUT2D eigenvalue weighted by molar-refractivity contribution is 4.83. The lowest BCUT2D eigenvalue weighted by Gasteiger charge is -2.54. The van der Waals surface area contributed by atoms with E-state index in [9.17, 15) is 0 Å². The van der Waals surface area contributed by atoms with Gasteiger partial charge in [0.1, 0.15) is 25.2 Å². The molecule has 0 amide bonds. The molecule has 0 spiro atoms. The number of nitrogens with zero attached hydrogens (tertiary/aromatic N) is 3. The Kier molecular flexibility index (Phi) is 8.34. The minimum atomic E-state index is 0. The SMILES string of the molecule is C[N+]1(CCN2CC3CCCC(C2)[N+]3(C)C)CCOCC1.[I-].[I-]. The fourth-order valence-electron chi connectivity index (χ4n) is 4.40. The molecule has 3 aliphatic heterocycles. The first-order valence-corrected chi connectivity index (χ1v) is 8.47. The molecule has 0 N–H and O–H groups in total. The van der Waals surface area contributed by atoms with Crippen LogP contribution in [0.4, 0.5) is 0 Å². The molecule has 3 aliphatic rings. The molecular weight excluding hydrogens is 504 g/mol. The molecule has 0 aromatic rings. The van der Waals surface area contributed by atoms with Gasteiger partial charge >= 0.3 is 0 Å². The van der Waals surface area contributed by atoms with Crippen molar-refractivity contribution in [2.45, 2.75) is 31.3 Å². The highest BCUT2D eigenvalue weighted by atomic mass is 127. The van der Waals surface area contributed by atoms with Gasteiger partial charge in [-0.05, 0) is 6.42 Å². The van der Waals surface area contributed by atoms with Gasteiger partial charge in [-0.2, -0.15) is 0 Å². The van der Waals surface area contributed by atoms with Gasteiger partial charge in [0.2, 0.25) is 0 Å². The summed E-state index contributed by atoms with van der Waals surface area (Å²) >= 11 is 0. The lowest BCUT2D eigenvalue weighted by Crippen LogP contribution is -3.00. The molecule has 4 nitrogen and oxygen atoms in total. The van der Waals surface area contributed by atoms with Crippen LogP contribution < -0.4 is 48.0 Å². The average Bonchev–Trinajstić information content (AvgIpc) is 2.37. The van der Waals surface area contributed by atoms with Gasteiger partial charge in [0, 0.05) is 19.4 Å². The second kappa shape index (κ2) is 8.60. The summed E-state index contributed by atoms with van der Waals surface area (Å²) in [5.74, 6) is 0. The molecule has 0 aromatic heterocycles. The summed E-state index contributed by atoms with van der Waals surface area (Å²) in [7, 11) is 7.33. The lowest BCUT2D eigenvalue weighted by atomic mass is 9.89. The molecule has 6 heteroatoms. The first-order chi connectivity index (χ1) is 9.50. The molecule has 0 aliphatic carbocycles. The summed E-state index contributed by atoms with van der Waals surface area (Å²) in [6.45, 7) is 9.52. The number of hydrogen-bond donors (Lipinski definition) is 0. The van der Waals surface area contributed by atoms with Crippen LogP contribution in [0.25, 0.3) is 0 Å². The Morgan fingerprint density at radius 3 is 2.05 bits per heavy atom. The fraction of sp³-hybridized carbons (Fsp3) is 1.00. The van der Waals surface area contributed by atoms with Crippen molar-refractivity contribution in [2.24, 2.45) is 0 Å². The molecule has 3 fully saturated rings. The summed E-state index contributed by atoms with van der Waals surface area (Å²) in [5, 5.41) is 0. The van der Waals surface area contributed by atoms with Crippen LogP contribution in [0.1, 0.15) is 19.3 Å². The number of fused-ring (bicyclic) bond motifs is 2. The smallest absolute Gasteiger partial charge is 0.102 e. The van der Waals surface area contributed by atoms with Gasteiger partial charge < -0.3 is 61.7 Å². The van der Waals surface area contributed by atoms with Crippen molar-refractivity contribution in [3.05, 3.63) is 0 Å². The number of hydrogen-bond acceptors (Lipinski definition) is 2. The lowest BCUT2D eigenvalue weighted by molar-refractivity contribution is -0.949. The highest BCUT2D eigenvalue weighted by Crippen LogP contribution is 2.32. The van der Waals surface area contributed by atoms with Gasteiger partial charge in [0.25, 0.3) is 0 Å². The summed E-state index contributed by atoms with van der Waals surface area (Å²) < 4.78 is 8.00. The van der Waals surface area contributed by atoms with Gasteiger partial charge in [-0.1, -0.05) is 0 Å². The van der Waals surface area contributed by atoms with E-state index in [0.717, 1.165) is 25.3 Å². The Labute approximate surface area is 170 Å². The normalized spacial score (nSPS) is 33.4. The van der Waals surface area contributed by atoms with Gasteiger partial charge in [-0.25, -0.2) is 0 Å². The highest BCUT2D eigenvalue weighted by Gasteiger charge is 2.45. The molecule has 22 heavy (non-hydrogen) atoms. The predicted molar refractivity (Wildman–Crippen MR) is 81.6 cm³/mol. The van der Waals surface area contributed by atoms with Crippen molar-refractivity contribution in [1.29, 1.82) is 0 Å². The standard InChI is InChI=1S/C16H33N3O.2HI/c1-18(2)15-5-4-6-16(18)14-17(13-15)7-8-19(3)9-11-20-12-10-19;;/h15-16H,4-14H2,1-3H3;2*1H/q+2;;/p-2. The van der Waals surface area contributed by atoms with Crippen molar-refractivity contribution in [3.63, 3.8) is 0 Å². The molecule has 132 valence electrons. The molecule has 3 rings (SSSR count). The van der Waals surface area contributed by atoms with Crippen LogP contribution in [-0.2, 0) is 4.74 Å². The zero-order chi connectivity index (χ0) is 14.2. The van der Waals surface area contributed by atoms with Crippen LogP contribution in [-0.4, -0.2) is 99.6 Å². The largest absolute Gasteiger partial charge is 1.00 e. The molecule has 2 bridgehead atoms. The van der Waals surface area contributed by atoms with Crippen LogP contribution in [0.15, 0.2) is 0 Å². The maximum atomic E-state index is 5.51. The number of quaternary nitrogens is 2. The van der Waals surface area contributed by atoms with Crippen molar-refractivity contribution in [1.82, 2.24) is 4.90 Å². The number of piperidine rings is 1. The topological polar surface area (TPSA) is 12.5 Å². The maximum absolute atomic E-state index is 5.51. The van der Waals surface area contributed by atoms with E-state index in [1.54, 1.807) is 0 Å². The van der Waals surface area contributed by atoms with Crippen molar-refractivity contribution >= 4 is 0 Å². The number of likely N-dealkylation sites (tertiary alicyclic amines) is 1. The Bertz CT molecular complexity index is 332. The number of rotatable bonds is 3. The molecule has 0 radical (unpaired) electrons. The molecule has 0 saturated carbocycles. The number of halogens is 2. The molecule has 2 unspecified atom stereocenters. The van der Waals surface area contributed by atoms with E-state index in [-0.39, 0.29) is 48.0 Å². The zero-order valence-electron chi connectivity index (χ0n) is 14.4. The van der Waals surface area contributed by atoms with Crippen LogP contribution in [0, 0.1) is 0 Å². The van der Waals surface area contributed by atoms with Gasteiger partial charge in [0.05, 0.1) is 54.0 Å². The summed E-state index contributed by atoms with van der Waals surface area (Å²) in [6, 6.07) is 1.75. The van der Waals surface area contributed by atoms with E-state index >= 15 is 0 Å². The van der Waals surface area contributed by atoms with Crippen molar-refractivity contribution < 1.29 is 61.7 Å². The molecule has 3 heterocycles. The Hall–Kier alpha value is 1.30. The Morgan fingerprint density at radius 1 is 0.955 bits per heavy atom. The van der Waals surface area contributed by atoms with E-state index in [4.69, 9.17) is 4.74 Å². The summed E-state index contributed by atoms with van der Waals surface area (Å²) in [4.78, 5) is 2.76. The van der Waals surface area contributed by atoms with Crippen molar-refractivity contribution in [3.8, 4) is 0 Å². The first kappa shape index (κ1) is 21.3. The number of piperazine rings is 1. The Morgan fingerprint density at radius 2 is 1.50 bits per heavy atom. The third-order valence-corrected chi connectivity index (χ3v) is 6.40. The fourth-order valence-corrected chi connectivity index (χ4v) is 4.40. The third-order valence-electron chi connectivity index (χ3n) is 6.40. The van der Waals surface area contributed by atoms with Crippen molar-refractivity contribution in [2.75, 3.05) is 73.6 Å². The third kappa shape index (κ3) is 4.68. The second-order valence-corrected chi connectivity index (χ2v) is 8.03. The Balaban J connectivity index is 0.00000121. The minimum Gasteiger partial charge on any atom is -1.00 e. The van der Waals surface area contributed by atoms with Gasteiger partial charge in [0.15, 0.2) is 0 Å². The van der Waals surface area contributed by atoms with Crippen LogP contribution in [0.5, 0.6) is 0 Å². The maximum Gasteiger partial charge on any atom is 0.102 e.